The molecule has 4 heterocycles. The highest BCUT2D eigenvalue weighted by atomic mass is 16.1. The summed E-state index contributed by atoms with van der Waals surface area (Å²) in [5.41, 5.74) is 1.39. The Morgan fingerprint density at radius 1 is 1.46 bits per heavy atom. The number of carbonyl (C=O) groups is 1. The molecule has 24 heavy (non-hydrogen) atoms. The molecule has 1 atom stereocenters. The summed E-state index contributed by atoms with van der Waals surface area (Å²) < 4.78 is 0. The van der Waals surface area contributed by atoms with Crippen LogP contribution in [0.4, 0.5) is 5.82 Å². The average Bonchev–Trinajstić information content (AvgIpc) is 3.23. The van der Waals surface area contributed by atoms with Crippen molar-refractivity contribution in [1.82, 2.24) is 30.7 Å². The van der Waals surface area contributed by atoms with Gasteiger partial charge < -0.3 is 15.2 Å². The SMILES string of the molecule is N#CCC(=O)NC1CCN(c2nncc3nnc4[nH]ccc4c23)C1. The van der Waals surface area contributed by atoms with Gasteiger partial charge in [0, 0.05) is 30.7 Å². The van der Waals surface area contributed by atoms with Gasteiger partial charge in [-0.2, -0.15) is 10.4 Å². The van der Waals surface area contributed by atoms with Gasteiger partial charge in [0.25, 0.3) is 0 Å². The number of hydrogen-bond donors (Lipinski definition) is 2. The van der Waals surface area contributed by atoms with Crippen molar-refractivity contribution >= 4 is 33.7 Å². The second-order valence-corrected chi connectivity index (χ2v) is 5.70. The third-order valence-electron chi connectivity index (χ3n) is 4.16. The number of aromatic amines is 1. The third-order valence-corrected chi connectivity index (χ3v) is 4.16. The molecule has 1 amide bonds. The highest BCUT2D eigenvalue weighted by molar-refractivity contribution is 6.08. The number of amides is 1. The van der Waals surface area contributed by atoms with E-state index in [2.05, 4.69) is 35.6 Å². The summed E-state index contributed by atoms with van der Waals surface area (Å²) in [5.74, 6) is 0.497. The van der Waals surface area contributed by atoms with Crippen molar-refractivity contribution in [1.29, 1.82) is 5.26 Å². The molecule has 1 aliphatic rings. The van der Waals surface area contributed by atoms with E-state index in [0.29, 0.717) is 17.7 Å². The second kappa shape index (κ2) is 5.73. The van der Waals surface area contributed by atoms with Crippen LogP contribution in [0.1, 0.15) is 12.8 Å². The van der Waals surface area contributed by atoms with E-state index in [1.165, 1.54) is 0 Å². The number of nitriles is 1. The van der Waals surface area contributed by atoms with Gasteiger partial charge in [-0.3, -0.25) is 4.79 Å². The van der Waals surface area contributed by atoms with Crippen LogP contribution in [0, 0.1) is 11.3 Å². The molecule has 0 aliphatic carbocycles. The first-order chi connectivity index (χ1) is 11.8. The summed E-state index contributed by atoms with van der Waals surface area (Å²) >= 11 is 0. The highest BCUT2D eigenvalue weighted by Crippen LogP contribution is 2.30. The standard InChI is InChI=1S/C15H14N8O/c16-4-1-12(24)19-9-3-6-23(8-9)15-13-10-2-5-17-14(10)21-20-11(13)7-18-22-15/h2,5,7,9H,1,3,6,8H2,(H,17,21)(H,19,24). The second-order valence-electron chi connectivity index (χ2n) is 5.70. The van der Waals surface area contributed by atoms with Crippen LogP contribution in [0.3, 0.4) is 0 Å². The van der Waals surface area contributed by atoms with Gasteiger partial charge in [-0.05, 0) is 12.5 Å². The Morgan fingerprint density at radius 2 is 2.38 bits per heavy atom. The van der Waals surface area contributed by atoms with Gasteiger partial charge in [0.1, 0.15) is 11.9 Å². The summed E-state index contributed by atoms with van der Waals surface area (Å²) in [7, 11) is 0. The molecule has 4 rings (SSSR count). The lowest BCUT2D eigenvalue weighted by Gasteiger charge is -2.18. The Labute approximate surface area is 136 Å². The van der Waals surface area contributed by atoms with Crippen LogP contribution >= 0.6 is 0 Å². The van der Waals surface area contributed by atoms with Gasteiger partial charge in [0.05, 0.1) is 17.7 Å². The van der Waals surface area contributed by atoms with E-state index in [4.69, 9.17) is 5.26 Å². The van der Waals surface area contributed by atoms with Gasteiger partial charge in [0.2, 0.25) is 5.91 Å². The molecule has 1 unspecified atom stereocenters. The van der Waals surface area contributed by atoms with Crippen LogP contribution in [0.25, 0.3) is 21.9 Å². The zero-order valence-electron chi connectivity index (χ0n) is 12.7. The lowest BCUT2D eigenvalue weighted by atomic mass is 10.2. The van der Waals surface area contributed by atoms with Crippen molar-refractivity contribution in [3.63, 3.8) is 0 Å². The van der Waals surface area contributed by atoms with E-state index in [1.807, 2.05) is 18.3 Å². The summed E-state index contributed by atoms with van der Waals surface area (Å²) in [6.07, 6.45) is 4.09. The molecule has 2 N–H and O–H groups in total. The molecular weight excluding hydrogens is 308 g/mol. The maximum Gasteiger partial charge on any atom is 0.234 e. The Bertz CT molecular complexity index is 959. The fourth-order valence-corrected chi connectivity index (χ4v) is 3.09. The molecule has 3 aromatic rings. The molecule has 0 aromatic carbocycles. The fourth-order valence-electron chi connectivity index (χ4n) is 3.09. The number of fused-ring (bicyclic) bond motifs is 3. The number of nitrogens with one attached hydrogen (secondary N) is 2. The maximum absolute atomic E-state index is 11.6. The predicted molar refractivity (Wildman–Crippen MR) is 86.0 cm³/mol. The lowest BCUT2D eigenvalue weighted by molar-refractivity contribution is -0.120. The molecule has 3 aromatic heterocycles. The fraction of sp³-hybridized carbons (Fsp3) is 0.333. The van der Waals surface area contributed by atoms with Crippen molar-refractivity contribution in [2.24, 2.45) is 0 Å². The lowest BCUT2D eigenvalue weighted by Crippen LogP contribution is -2.37. The van der Waals surface area contributed by atoms with E-state index in [-0.39, 0.29) is 18.4 Å². The summed E-state index contributed by atoms with van der Waals surface area (Å²) in [6, 6.07) is 3.80. The first-order valence-electron chi connectivity index (χ1n) is 7.62. The smallest absolute Gasteiger partial charge is 0.234 e. The molecule has 1 aliphatic heterocycles. The minimum absolute atomic E-state index is 0.000539. The van der Waals surface area contributed by atoms with E-state index in [9.17, 15) is 4.79 Å². The first kappa shape index (κ1) is 14.3. The largest absolute Gasteiger partial charge is 0.352 e. The monoisotopic (exact) mass is 322 g/mol. The Balaban J connectivity index is 1.67. The normalized spacial score (nSPS) is 17.3. The molecular formula is C15H14N8O. The van der Waals surface area contributed by atoms with Crippen LogP contribution in [0.2, 0.25) is 0 Å². The Hall–Kier alpha value is -3.28. The third kappa shape index (κ3) is 2.38. The average molecular weight is 322 g/mol. The van der Waals surface area contributed by atoms with Crippen molar-refractivity contribution < 1.29 is 4.79 Å². The quantitative estimate of drug-likeness (QED) is 0.720. The Morgan fingerprint density at radius 3 is 3.25 bits per heavy atom. The molecule has 9 heteroatoms. The molecule has 0 bridgehead atoms. The number of carbonyl (C=O) groups excluding carboxylic acids is 1. The molecule has 120 valence electrons. The number of hydrogen-bond acceptors (Lipinski definition) is 7. The van der Waals surface area contributed by atoms with Crippen LogP contribution in [0.5, 0.6) is 0 Å². The maximum atomic E-state index is 11.6. The van der Waals surface area contributed by atoms with Gasteiger partial charge in [-0.1, -0.05) is 0 Å². The predicted octanol–water partition coefficient (Wildman–Crippen LogP) is 0.510. The number of H-pyrrole nitrogens is 1. The topological polar surface area (TPSA) is 123 Å². The van der Waals surface area contributed by atoms with E-state index in [1.54, 1.807) is 6.20 Å². The zero-order valence-corrected chi connectivity index (χ0v) is 12.7. The minimum Gasteiger partial charge on any atom is -0.352 e. The molecule has 0 radical (unpaired) electrons. The molecule has 1 saturated heterocycles. The first-order valence-corrected chi connectivity index (χ1v) is 7.62. The van der Waals surface area contributed by atoms with Crippen molar-refractivity contribution in [3.05, 3.63) is 18.5 Å². The Kier molecular flexibility index (Phi) is 3.42. The van der Waals surface area contributed by atoms with Gasteiger partial charge in [-0.15, -0.1) is 15.3 Å². The van der Waals surface area contributed by atoms with Gasteiger partial charge in [0.15, 0.2) is 11.5 Å². The summed E-state index contributed by atoms with van der Waals surface area (Å²) in [6.45, 7) is 1.37. The van der Waals surface area contributed by atoms with Crippen LogP contribution in [0.15, 0.2) is 18.5 Å². The minimum atomic E-state index is -0.243. The van der Waals surface area contributed by atoms with Gasteiger partial charge >= 0.3 is 0 Å². The molecule has 9 nitrogen and oxygen atoms in total. The van der Waals surface area contributed by atoms with Crippen LogP contribution in [-0.2, 0) is 4.79 Å². The molecule has 1 fully saturated rings. The number of rotatable bonds is 3. The van der Waals surface area contributed by atoms with Crippen LogP contribution in [-0.4, -0.2) is 50.4 Å². The van der Waals surface area contributed by atoms with Crippen molar-refractivity contribution in [3.8, 4) is 6.07 Å². The highest BCUT2D eigenvalue weighted by Gasteiger charge is 2.27. The number of nitrogens with zero attached hydrogens (tertiary/aromatic N) is 6. The summed E-state index contributed by atoms with van der Waals surface area (Å²) in [5, 5.41) is 30.0. The van der Waals surface area contributed by atoms with E-state index >= 15 is 0 Å². The van der Waals surface area contributed by atoms with Crippen molar-refractivity contribution in [2.75, 3.05) is 18.0 Å². The van der Waals surface area contributed by atoms with E-state index in [0.717, 1.165) is 29.6 Å². The molecule has 0 saturated carbocycles. The zero-order chi connectivity index (χ0) is 16.5. The van der Waals surface area contributed by atoms with Crippen molar-refractivity contribution in [2.45, 2.75) is 18.9 Å². The summed E-state index contributed by atoms with van der Waals surface area (Å²) in [4.78, 5) is 16.7. The van der Waals surface area contributed by atoms with E-state index < -0.39 is 0 Å². The van der Waals surface area contributed by atoms with Gasteiger partial charge in [-0.25, -0.2) is 0 Å². The molecule has 0 spiro atoms. The van der Waals surface area contributed by atoms with Crippen LogP contribution < -0.4 is 10.2 Å². The number of aromatic nitrogens is 5. The number of anilines is 1.